The second kappa shape index (κ2) is 10.1. The Labute approximate surface area is 215 Å². The highest BCUT2D eigenvalue weighted by molar-refractivity contribution is 5.81. The van der Waals surface area contributed by atoms with E-state index in [1.807, 2.05) is 0 Å². The van der Waals surface area contributed by atoms with Gasteiger partial charge in [-0.25, -0.2) is 4.79 Å². The fraction of sp³-hybridized carbons (Fsp3) is 0.462. The first-order valence-electron chi connectivity index (χ1n) is 12.0. The molecule has 12 heteroatoms. The molecular weight excluding hydrogens is 516 g/mol. The van der Waals surface area contributed by atoms with Crippen LogP contribution in [0.2, 0.25) is 0 Å². The molecule has 0 aromatic heterocycles. The number of urea groups is 1. The predicted octanol–water partition coefficient (Wildman–Crippen LogP) is 5.38. The molecule has 0 saturated carbocycles. The van der Waals surface area contributed by atoms with E-state index in [-0.39, 0.29) is 43.3 Å². The molecule has 6 nitrogen and oxygen atoms in total. The molecule has 2 aromatic carbocycles. The molecule has 2 aromatic rings. The standard InChI is InChI=1S/C26H27F6N3O3/c1-15(17-11-18(25(27,28)29)13-19(12-17)26(30,31)32)33(2)24(38)35-10-9-34-21(7-8-22(34)37)23(35)20-6-4-3-5-16(20)14-36/h3-6,11-13,15,21,23,36H,7-10,14H2,1-2H3. The van der Waals surface area contributed by atoms with Crippen molar-refractivity contribution < 1.29 is 41.0 Å². The maximum atomic E-state index is 13.8. The van der Waals surface area contributed by atoms with Gasteiger partial charge in [0.2, 0.25) is 5.91 Å². The molecule has 2 saturated heterocycles. The third-order valence-electron chi connectivity index (χ3n) is 7.42. The molecule has 1 N–H and O–H groups in total. The van der Waals surface area contributed by atoms with Crippen LogP contribution >= 0.6 is 0 Å². The van der Waals surface area contributed by atoms with Gasteiger partial charge in [0, 0.05) is 26.6 Å². The van der Waals surface area contributed by atoms with E-state index in [4.69, 9.17) is 0 Å². The average Bonchev–Trinajstić information content (AvgIpc) is 3.26. The number of piperazine rings is 1. The number of hydrogen-bond donors (Lipinski definition) is 1. The molecule has 0 bridgehead atoms. The quantitative estimate of drug-likeness (QED) is 0.527. The molecule has 3 unspecified atom stereocenters. The summed E-state index contributed by atoms with van der Waals surface area (Å²) in [5.41, 5.74) is -2.04. The van der Waals surface area contributed by atoms with Gasteiger partial charge in [-0.2, -0.15) is 26.3 Å². The van der Waals surface area contributed by atoms with Gasteiger partial charge in [-0.1, -0.05) is 24.3 Å². The van der Waals surface area contributed by atoms with Crippen molar-refractivity contribution in [3.05, 3.63) is 70.3 Å². The number of aliphatic hydroxyl groups is 1. The van der Waals surface area contributed by atoms with Crippen molar-refractivity contribution in [3.63, 3.8) is 0 Å². The van der Waals surface area contributed by atoms with Gasteiger partial charge in [0.15, 0.2) is 0 Å². The average molecular weight is 544 g/mol. The van der Waals surface area contributed by atoms with Gasteiger partial charge in [-0.3, -0.25) is 4.79 Å². The first kappa shape index (κ1) is 27.7. The Balaban J connectivity index is 1.71. The van der Waals surface area contributed by atoms with Crippen molar-refractivity contribution in [1.82, 2.24) is 14.7 Å². The Morgan fingerprint density at radius 1 is 1.05 bits per heavy atom. The second-order valence-corrected chi connectivity index (χ2v) is 9.60. The van der Waals surface area contributed by atoms with Crippen LogP contribution in [-0.2, 0) is 23.8 Å². The van der Waals surface area contributed by atoms with E-state index in [0.717, 1.165) is 4.90 Å². The SMILES string of the molecule is CC(c1cc(C(F)(F)F)cc(C(F)(F)F)c1)N(C)C(=O)N1CCN2C(=O)CCC2C1c1ccccc1CO. The second-order valence-electron chi connectivity index (χ2n) is 9.60. The van der Waals surface area contributed by atoms with Crippen LogP contribution in [0.4, 0.5) is 31.1 Å². The number of rotatable bonds is 4. The number of fused-ring (bicyclic) bond motifs is 1. The van der Waals surface area contributed by atoms with Gasteiger partial charge < -0.3 is 19.8 Å². The summed E-state index contributed by atoms with van der Waals surface area (Å²) in [5, 5.41) is 9.92. The molecule has 206 valence electrons. The molecule has 4 rings (SSSR count). The zero-order chi connectivity index (χ0) is 28.0. The highest BCUT2D eigenvalue weighted by atomic mass is 19.4. The Hall–Kier alpha value is -3.28. The van der Waals surface area contributed by atoms with Gasteiger partial charge in [0.05, 0.1) is 35.9 Å². The number of alkyl halides is 6. The molecule has 2 aliphatic heterocycles. The lowest BCUT2D eigenvalue weighted by molar-refractivity contribution is -0.143. The normalized spacial score (nSPS) is 20.9. The van der Waals surface area contributed by atoms with E-state index in [9.17, 15) is 41.0 Å². The maximum Gasteiger partial charge on any atom is 0.416 e. The minimum atomic E-state index is -5.01. The number of nitrogens with zero attached hydrogens (tertiary/aromatic N) is 3. The minimum Gasteiger partial charge on any atom is -0.392 e. The number of aliphatic hydroxyl groups excluding tert-OH is 1. The molecule has 2 fully saturated rings. The third-order valence-corrected chi connectivity index (χ3v) is 7.42. The van der Waals surface area contributed by atoms with Crippen LogP contribution < -0.4 is 0 Å². The summed E-state index contributed by atoms with van der Waals surface area (Å²) in [4.78, 5) is 30.5. The van der Waals surface area contributed by atoms with Gasteiger partial charge in [-0.15, -0.1) is 0 Å². The van der Waals surface area contributed by atoms with Crippen molar-refractivity contribution in [2.45, 2.75) is 56.9 Å². The van der Waals surface area contributed by atoms with Gasteiger partial charge in [0.25, 0.3) is 0 Å². The molecule has 0 aliphatic carbocycles. The Morgan fingerprint density at radius 2 is 1.66 bits per heavy atom. The van der Waals surface area contributed by atoms with Crippen molar-refractivity contribution in [2.75, 3.05) is 20.1 Å². The molecule has 3 atom stereocenters. The van der Waals surface area contributed by atoms with Crippen LogP contribution in [0.1, 0.15) is 59.7 Å². The molecule has 0 radical (unpaired) electrons. The molecule has 38 heavy (non-hydrogen) atoms. The van der Waals surface area contributed by atoms with Crippen molar-refractivity contribution >= 4 is 11.9 Å². The third kappa shape index (κ3) is 5.18. The summed E-state index contributed by atoms with van der Waals surface area (Å²) in [6, 6.07) is 5.43. The summed E-state index contributed by atoms with van der Waals surface area (Å²) in [6.45, 7) is 1.40. The summed E-state index contributed by atoms with van der Waals surface area (Å²) in [7, 11) is 1.32. The minimum absolute atomic E-state index is 0.0518. The van der Waals surface area contributed by atoms with Crippen LogP contribution in [0.25, 0.3) is 0 Å². The van der Waals surface area contributed by atoms with Crippen LogP contribution in [0, 0.1) is 0 Å². The molecule has 2 heterocycles. The zero-order valence-electron chi connectivity index (χ0n) is 20.7. The zero-order valence-corrected chi connectivity index (χ0v) is 20.7. The topological polar surface area (TPSA) is 64.1 Å². The lowest BCUT2D eigenvalue weighted by atomic mass is 9.90. The highest BCUT2D eigenvalue weighted by Crippen LogP contribution is 2.41. The predicted molar refractivity (Wildman–Crippen MR) is 125 cm³/mol. The van der Waals surface area contributed by atoms with Crippen molar-refractivity contribution in [1.29, 1.82) is 0 Å². The smallest absolute Gasteiger partial charge is 0.392 e. The Kier molecular flexibility index (Phi) is 7.39. The summed E-state index contributed by atoms with van der Waals surface area (Å²) in [6.07, 6.45) is -9.26. The molecular formula is C26H27F6N3O3. The maximum absolute atomic E-state index is 13.8. The van der Waals surface area contributed by atoms with Gasteiger partial charge in [-0.05, 0) is 48.2 Å². The van der Waals surface area contributed by atoms with E-state index in [2.05, 4.69) is 0 Å². The first-order chi connectivity index (χ1) is 17.7. The van der Waals surface area contributed by atoms with Gasteiger partial charge in [0.1, 0.15) is 0 Å². The van der Waals surface area contributed by atoms with Crippen LogP contribution in [0.15, 0.2) is 42.5 Å². The molecule has 2 aliphatic rings. The number of amides is 3. The fourth-order valence-corrected chi connectivity index (χ4v) is 5.31. The summed E-state index contributed by atoms with van der Waals surface area (Å²) >= 11 is 0. The number of benzene rings is 2. The highest BCUT2D eigenvalue weighted by Gasteiger charge is 2.46. The monoisotopic (exact) mass is 543 g/mol. The van der Waals surface area contributed by atoms with Crippen LogP contribution in [0.3, 0.4) is 0 Å². The lowest BCUT2D eigenvalue weighted by Crippen LogP contribution is -2.57. The van der Waals surface area contributed by atoms with E-state index >= 15 is 0 Å². The van der Waals surface area contributed by atoms with Crippen molar-refractivity contribution in [2.24, 2.45) is 0 Å². The summed E-state index contributed by atoms with van der Waals surface area (Å²) in [5.74, 6) is -0.0565. The summed E-state index contributed by atoms with van der Waals surface area (Å²) < 4.78 is 80.4. The molecule has 3 amide bonds. The van der Waals surface area contributed by atoms with E-state index in [1.54, 1.807) is 29.2 Å². The van der Waals surface area contributed by atoms with E-state index in [0.29, 0.717) is 36.1 Å². The number of carbonyl (C=O) groups is 2. The Morgan fingerprint density at radius 3 is 2.24 bits per heavy atom. The number of halogens is 6. The molecule has 0 spiro atoms. The first-order valence-corrected chi connectivity index (χ1v) is 12.0. The fourth-order valence-electron chi connectivity index (χ4n) is 5.31. The number of hydrogen-bond acceptors (Lipinski definition) is 3. The van der Waals surface area contributed by atoms with Crippen molar-refractivity contribution in [3.8, 4) is 0 Å². The lowest BCUT2D eigenvalue weighted by Gasteiger charge is -2.47. The number of carbonyl (C=O) groups excluding carboxylic acids is 2. The van der Waals surface area contributed by atoms with Gasteiger partial charge >= 0.3 is 18.4 Å². The van der Waals surface area contributed by atoms with E-state index in [1.165, 1.54) is 18.9 Å². The van der Waals surface area contributed by atoms with Crippen LogP contribution in [0.5, 0.6) is 0 Å². The Bertz CT molecular complexity index is 1180. The van der Waals surface area contributed by atoms with Crippen LogP contribution in [-0.4, -0.2) is 57.9 Å². The largest absolute Gasteiger partial charge is 0.416 e. The van der Waals surface area contributed by atoms with E-state index < -0.39 is 41.6 Å².